The molecule has 13 heteroatoms. The maximum absolute atomic E-state index is 13.3. The number of aliphatic carboxylic acids is 1. The summed E-state index contributed by atoms with van der Waals surface area (Å²) >= 11 is 1.12. The van der Waals surface area contributed by atoms with Crippen LogP contribution in [0.5, 0.6) is 0 Å². The van der Waals surface area contributed by atoms with Gasteiger partial charge in [-0.15, -0.1) is 11.3 Å². The first-order chi connectivity index (χ1) is 14.7. The van der Waals surface area contributed by atoms with E-state index in [1.807, 2.05) is 0 Å². The molecule has 11 nitrogen and oxygen atoms in total. The molecule has 2 aliphatic rings. The minimum Gasteiger partial charge on any atom is -0.480 e. The van der Waals surface area contributed by atoms with Crippen molar-refractivity contribution in [3.8, 4) is 0 Å². The summed E-state index contributed by atoms with van der Waals surface area (Å²) in [7, 11) is -4.27. The third-order valence-corrected chi connectivity index (χ3v) is 8.56. The van der Waals surface area contributed by atoms with Crippen molar-refractivity contribution in [1.82, 2.24) is 14.9 Å². The van der Waals surface area contributed by atoms with Crippen molar-refractivity contribution in [2.45, 2.75) is 23.1 Å². The number of carbonyl (C=O) groups is 3. The lowest BCUT2D eigenvalue weighted by Gasteiger charge is -2.37. The molecule has 2 amide bonds. The molecule has 0 bridgehead atoms. The second-order valence-electron chi connectivity index (χ2n) is 7.06. The van der Waals surface area contributed by atoms with Crippen LogP contribution in [0.2, 0.25) is 0 Å². The summed E-state index contributed by atoms with van der Waals surface area (Å²) in [5, 5.41) is 12.4. The van der Waals surface area contributed by atoms with Crippen LogP contribution in [0.1, 0.15) is 12.6 Å². The zero-order valence-electron chi connectivity index (χ0n) is 16.0. The van der Waals surface area contributed by atoms with E-state index in [0.717, 1.165) is 23.2 Å². The van der Waals surface area contributed by atoms with Crippen LogP contribution in [-0.2, 0) is 24.2 Å². The zero-order chi connectivity index (χ0) is 22.4. The lowest BCUT2D eigenvalue weighted by Crippen LogP contribution is -2.59. The summed E-state index contributed by atoms with van der Waals surface area (Å²) in [5.41, 5.74) is 0.279. The van der Waals surface area contributed by atoms with Gasteiger partial charge >= 0.3 is 12.1 Å². The quantitative estimate of drug-likeness (QED) is 0.486. The molecule has 2 saturated heterocycles. The third kappa shape index (κ3) is 3.25. The lowest BCUT2D eigenvalue weighted by atomic mass is 9.94. The summed E-state index contributed by atoms with van der Waals surface area (Å²) in [6.07, 6.45) is 3.27. The van der Waals surface area contributed by atoms with Gasteiger partial charge in [0.25, 0.3) is 5.91 Å². The van der Waals surface area contributed by atoms with Gasteiger partial charge in [0.05, 0.1) is 11.3 Å². The van der Waals surface area contributed by atoms with Crippen LogP contribution in [0, 0.1) is 0 Å². The van der Waals surface area contributed by atoms with Gasteiger partial charge < -0.3 is 14.7 Å². The number of amides is 2. The Kier molecular flexibility index (Phi) is 5.01. The fraction of sp³-hybridized carbons (Fsp3) is 0.278. The minimum absolute atomic E-state index is 0.0825. The van der Waals surface area contributed by atoms with Crippen molar-refractivity contribution >= 4 is 50.4 Å². The highest BCUT2D eigenvalue weighted by Crippen LogP contribution is 2.49. The van der Waals surface area contributed by atoms with Crippen molar-refractivity contribution in [1.29, 1.82) is 0 Å². The molecule has 31 heavy (non-hydrogen) atoms. The average Bonchev–Trinajstić information content (AvgIpc) is 3.28. The topological polar surface area (TPSA) is 156 Å². The number of carboxylic acid groups (broad SMARTS) is 1. The van der Waals surface area contributed by atoms with Gasteiger partial charge in [0.1, 0.15) is 11.4 Å². The third-order valence-electron chi connectivity index (χ3n) is 5.16. The molecule has 0 radical (unpaired) electrons. The van der Waals surface area contributed by atoms with Gasteiger partial charge in [0.15, 0.2) is 26.4 Å². The number of fused-ring (bicyclic) bond motifs is 1. The number of rotatable bonds is 5. The lowest BCUT2D eigenvalue weighted by molar-refractivity contribution is -0.153. The molecule has 1 unspecified atom stereocenters. The molecule has 162 valence electrons. The smallest absolute Gasteiger partial charge is 0.413 e. The number of thiazole rings is 1. The van der Waals surface area contributed by atoms with Gasteiger partial charge in [-0.25, -0.2) is 23.0 Å². The molecule has 2 aliphatic heterocycles. The first-order valence-corrected chi connectivity index (χ1v) is 11.3. The highest BCUT2D eigenvalue weighted by Gasteiger charge is 2.72. The van der Waals surface area contributed by atoms with Gasteiger partial charge in [-0.3, -0.25) is 15.1 Å². The largest absolute Gasteiger partial charge is 0.480 e. The number of nitrogens with one attached hydrogen (secondary N) is 1. The van der Waals surface area contributed by atoms with Crippen LogP contribution in [0.25, 0.3) is 6.08 Å². The van der Waals surface area contributed by atoms with Gasteiger partial charge in [-0.05, 0) is 25.1 Å². The summed E-state index contributed by atoms with van der Waals surface area (Å²) in [6.45, 7) is 0.391. The molecule has 0 spiro atoms. The number of carboxylic acids is 1. The fourth-order valence-corrected chi connectivity index (χ4v) is 6.42. The Morgan fingerprint density at radius 3 is 2.74 bits per heavy atom. The summed E-state index contributed by atoms with van der Waals surface area (Å²) in [5.74, 6) is -2.23. The van der Waals surface area contributed by atoms with Gasteiger partial charge in [0, 0.05) is 17.8 Å². The molecule has 0 saturated carbocycles. The standard InChI is InChI=1S/C18H16N4O7S2/c1-18(9-29-17(26)21-16-20-6-7-30-16)12(15(24)25)22-13(23)11(14(22)31(18,27)28)8-10-4-2-3-5-19-10/h2-8,12,14H,9H2,1H3,(H,24,25)(H,20,21,26)/b11-8-/t12-,14?,18-/m0/s1. The molecule has 2 aromatic heterocycles. The van der Waals surface area contributed by atoms with E-state index in [1.54, 1.807) is 23.6 Å². The maximum Gasteiger partial charge on any atom is 0.413 e. The zero-order valence-corrected chi connectivity index (χ0v) is 17.6. The Bertz CT molecular complexity index is 1180. The Hall–Kier alpha value is -3.32. The number of anilines is 1. The van der Waals surface area contributed by atoms with Gasteiger partial charge in [-0.1, -0.05) is 6.07 Å². The number of hydrogen-bond acceptors (Lipinski definition) is 9. The van der Waals surface area contributed by atoms with Crippen LogP contribution in [0.15, 0.2) is 41.5 Å². The number of hydrogen-bond donors (Lipinski definition) is 2. The number of nitrogens with zero attached hydrogens (tertiary/aromatic N) is 3. The van der Waals surface area contributed by atoms with Crippen molar-refractivity contribution < 1.29 is 32.6 Å². The molecule has 2 aromatic rings. The molecule has 3 atom stereocenters. The van der Waals surface area contributed by atoms with Crippen LogP contribution >= 0.6 is 11.3 Å². The average molecular weight is 464 g/mol. The van der Waals surface area contributed by atoms with Crippen molar-refractivity contribution in [3.63, 3.8) is 0 Å². The summed E-state index contributed by atoms with van der Waals surface area (Å²) in [6, 6.07) is 3.20. The molecular weight excluding hydrogens is 448 g/mol. The fourth-order valence-electron chi connectivity index (χ4n) is 3.63. The van der Waals surface area contributed by atoms with E-state index >= 15 is 0 Å². The van der Waals surface area contributed by atoms with E-state index in [0.29, 0.717) is 5.69 Å². The maximum atomic E-state index is 13.3. The van der Waals surface area contributed by atoms with E-state index in [2.05, 4.69) is 15.3 Å². The van der Waals surface area contributed by atoms with Crippen LogP contribution in [-0.4, -0.2) is 69.1 Å². The molecule has 2 N–H and O–H groups in total. The van der Waals surface area contributed by atoms with E-state index in [9.17, 15) is 27.9 Å². The van der Waals surface area contributed by atoms with Crippen molar-refractivity contribution in [2.24, 2.45) is 0 Å². The van der Waals surface area contributed by atoms with Crippen molar-refractivity contribution in [2.75, 3.05) is 11.9 Å². The van der Waals surface area contributed by atoms with Crippen LogP contribution in [0.4, 0.5) is 9.93 Å². The first kappa shape index (κ1) is 20.9. The van der Waals surface area contributed by atoms with Gasteiger partial charge in [0.2, 0.25) is 0 Å². The van der Waals surface area contributed by atoms with E-state index in [-0.39, 0.29) is 10.7 Å². The van der Waals surface area contributed by atoms with E-state index in [1.165, 1.54) is 18.5 Å². The molecule has 2 fully saturated rings. The predicted octanol–water partition coefficient (Wildman–Crippen LogP) is 0.979. The Morgan fingerprint density at radius 2 is 2.13 bits per heavy atom. The Labute approximate surface area is 180 Å². The van der Waals surface area contributed by atoms with Crippen molar-refractivity contribution in [3.05, 3.63) is 47.2 Å². The highest BCUT2D eigenvalue weighted by molar-refractivity contribution is 7.94. The van der Waals surface area contributed by atoms with Crippen LogP contribution < -0.4 is 5.32 Å². The normalized spacial score (nSPS) is 27.5. The number of sulfone groups is 1. The predicted molar refractivity (Wildman–Crippen MR) is 109 cm³/mol. The van der Waals surface area contributed by atoms with Crippen LogP contribution in [0.3, 0.4) is 0 Å². The number of pyridine rings is 1. The monoisotopic (exact) mass is 464 g/mol. The number of β-lactam (4-membered cyclic amide) rings is 1. The second kappa shape index (κ2) is 7.42. The molecule has 4 rings (SSSR count). The number of carbonyl (C=O) groups excluding carboxylic acids is 2. The SMILES string of the molecule is C[C@]1(COC(=O)Nc2nccs2)[C@H](C(=O)O)N2C(=O)/C(=C/c3ccccn3)C2S1(=O)=O. The van der Waals surface area contributed by atoms with E-state index in [4.69, 9.17) is 4.74 Å². The van der Waals surface area contributed by atoms with E-state index < -0.39 is 50.6 Å². The first-order valence-electron chi connectivity index (χ1n) is 8.91. The molecule has 4 heterocycles. The Balaban J connectivity index is 1.63. The molecular formula is C18H16N4O7S2. The number of aromatic nitrogens is 2. The summed E-state index contributed by atoms with van der Waals surface area (Å²) < 4.78 is 29.6. The highest BCUT2D eigenvalue weighted by atomic mass is 32.2. The number of ether oxygens (including phenoxy) is 1. The Morgan fingerprint density at radius 1 is 1.35 bits per heavy atom. The molecule has 0 aliphatic carbocycles. The minimum atomic E-state index is -4.27. The molecule has 0 aromatic carbocycles. The summed E-state index contributed by atoms with van der Waals surface area (Å²) in [4.78, 5) is 45.3. The second-order valence-corrected chi connectivity index (χ2v) is 10.4. The van der Waals surface area contributed by atoms with Gasteiger partial charge in [-0.2, -0.15) is 0 Å².